The Morgan fingerprint density at radius 2 is 2.05 bits per heavy atom. The maximum atomic E-state index is 6.16. The minimum Gasteiger partial charge on any atom is -0.322 e. The molecule has 0 amide bonds. The van der Waals surface area contributed by atoms with Gasteiger partial charge in [0.15, 0.2) is 0 Å². The van der Waals surface area contributed by atoms with Crippen LogP contribution < -0.4 is 5.73 Å². The normalized spacial score (nSPS) is 12.7. The molecule has 0 saturated heterocycles. The highest BCUT2D eigenvalue weighted by Gasteiger charge is 2.11. The fraction of sp³-hybridized carbons (Fsp3) is 0.143. The van der Waals surface area contributed by atoms with Gasteiger partial charge in [-0.05, 0) is 24.3 Å². The number of nitrogens with two attached hydrogens (primary N) is 1. The summed E-state index contributed by atoms with van der Waals surface area (Å²) in [6, 6.07) is 11.6. The SMILES string of the molecule is NC(Cc1nc2ccccc2s1)c1ccc(Cl)cn1. The van der Waals surface area contributed by atoms with E-state index in [1.807, 2.05) is 30.3 Å². The van der Waals surface area contributed by atoms with Gasteiger partial charge in [0.25, 0.3) is 0 Å². The number of aromatic nitrogens is 2. The number of benzene rings is 1. The van der Waals surface area contributed by atoms with Crippen molar-refractivity contribution in [2.75, 3.05) is 0 Å². The highest BCUT2D eigenvalue weighted by molar-refractivity contribution is 7.18. The van der Waals surface area contributed by atoms with E-state index in [9.17, 15) is 0 Å². The molecule has 1 atom stereocenters. The van der Waals surface area contributed by atoms with Crippen molar-refractivity contribution in [1.29, 1.82) is 0 Å². The lowest BCUT2D eigenvalue weighted by Crippen LogP contribution is -2.14. The van der Waals surface area contributed by atoms with Crippen molar-refractivity contribution in [2.24, 2.45) is 5.73 Å². The number of para-hydroxylation sites is 1. The highest BCUT2D eigenvalue weighted by Crippen LogP contribution is 2.24. The van der Waals surface area contributed by atoms with Crippen LogP contribution in [0.4, 0.5) is 0 Å². The molecule has 1 aromatic carbocycles. The summed E-state index contributed by atoms with van der Waals surface area (Å²) in [7, 11) is 0. The van der Waals surface area contributed by atoms with Gasteiger partial charge in [-0.15, -0.1) is 11.3 Å². The number of pyridine rings is 1. The molecule has 3 nitrogen and oxygen atoms in total. The van der Waals surface area contributed by atoms with E-state index in [1.165, 1.54) is 4.70 Å². The molecule has 19 heavy (non-hydrogen) atoms. The van der Waals surface area contributed by atoms with Crippen LogP contribution in [0.15, 0.2) is 42.6 Å². The first-order valence-corrected chi connectivity index (χ1v) is 7.13. The second-order valence-electron chi connectivity index (χ2n) is 4.29. The smallest absolute Gasteiger partial charge is 0.0958 e. The summed E-state index contributed by atoms with van der Waals surface area (Å²) >= 11 is 7.49. The van der Waals surface area contributed by atoms with Gasteiger partial charge in [-0.2, -0.15) is 0 Å². The van der Waals surface area contributed by atoms with Crippen molar-refractivity contribution < 1.29 is 0 Å². The zero-order valence-corrected chi connectivity index (χ0v) is 11.7. The molecule has 1 unspecified atom stereocenters. The summed E-state index contributed by atoms with van der Waals surface area (Å²) < 4.78 is 1.19. The minimum absolute atomic E-state index is 0.155. The average molecular weight is 290 g/mol. The van der Waals surface area contributed by atoms with Crippen LogP contribution in [-0.2, 0) is 6.42 Å². The van der Waals surface area contributed by atoms with Crippen LogP contribution in [0.5, 0.6) is 0 Å². The van der Waals surface area contributed by atoms with Gasteiger partial charge in [0.1, 0.15) is 0 Å². The number of halogens is 1. The first-order valence-electron chi connectivity index (χ1n) is 5.94. The van der Waals surface area contributed by atoms with Crippen LogP contribution in [0.1, 0.15) is 16.7 Å². The van der Waals surface area contributed by atoms with Gasteiger partial charge in [0, 0.05) is 12.6 Å². The van der Waals surface area contributed by atoms with Crippen molar-refractivity contribution >= 4 is 33.2 Å². The van der Waals surface area contributed by atoms with Crippen LogP contribution in [0, 0.1) is 0 Å². The molecule has 0 spiro atoms. The maximum Gasteiger partial charge on any atom is 0.0958 e. The van der Waals surface area contributed by atoms with Crippen molar-refractivity contribution in [3.63, 3.8) is 0 Å². The van der Waals surface area contributed by atoms with Crippen LogP contribution in [0.2, 0.25) is 5.02 Å². The molecule has 0 aliphatic heterocycles. The fourth-order valence-corrected chi connectivity index (χ4v) is 3.04. The molecule has 96 valence electrons. The lowest BCUT2D eigenvalue weighted by atomic mass is 10.1. The lowest BCUT2D eigenvalue weighted by Gasteiger charge is -2.08. The third-order valence-corrected chi connectivity index (χ3v) is 4.15. The molecule has 0 aliphatic carbocycles. The number of nitrogens with zero attached hydrogens (tertiary/aromatic N) is 2. The van der Waals surface area contributed by atoms with Crippen molar-refractivity contribution in [2.45, 2.75) is 12.5 Å². The van der Waals surface area contributed by atoms with E-state index in [2.05, 4.69) is 16.0 Å². The van der Waals surface area contributed by atoms with E-state index in [-0.39, 0.29) is 6.04 Å². The standard InChI is InChI=1S/C14H12ClN3S/c15-9-5-6-11(17-8-9)10(16)7-14-18-12-3-1-2-4-13(12)19-14/h1-6,8,10H,7,16H2. The van der Waals surface area contributed by atoms with Gasteiger partial charge < -0.3 is 5.73 Å². The number of fused-ring (bicyclic) bond motifs is 1. The van der Waals surface area contributed by atoms with Crippen molar-refractivity contribution in [1.82, 2.24) is 9.97 Å². The third-order valence-electron chi connectivity index (χ3n) is 2.86. The van der Waals surface area contributed by atoms with E-state index in [4.69, 9.17) is 17.3 Å². The summed E-state index contributed by atoms with van der Waals surface area (Å²) in [5, 5.41) is 1.65. The van der Waals surface area contributed by atoms with Crippen LogP contribution >= 0.6 is 22.9 Å². The van der Waals surface area contributed by atoms with Gasteiger partial charge in [0.2, 0.25) is 0 Å². The van der Waals surface area contributed by atoms with Crippen LogP contribution in [0.3, 0.4) is 0 Å². The Bertz CT molecular complexity index is 660. The fourth-order valence-electron chi connectivity index (χ4n) is 1.91. The molecule has 3 rings (SSSR count). The van der Waals surface area contributed by atoms with Crippen molar-refractivity contribution in [3.05, 3.63) is 58.3 Å². The summed E-state index contributed by atoms with van der Waals surface area (Å²) in [6.45, 7) is 0. The quantitative estimate of drug-likeness (QED) is 0.802. The third kappa shape index (κ3) is 2.76. The number of rotatable bonds is 3. The number of hydrogen-bond acceptors (Lipinski definition) is 4. The minimum atomic E-state index is -0.155. The van der Waals surface area contributed by atoms with E-state index in [1.54, 1.807) is 17.5 Å². The first-order chi connectivity index (χ1) is 9.22. The Morgan fingerprint density at radius 3 is 2.79 bits per heavy atom. The van der Waals surface area contributed by atoms with Crippen LogP contribution in [0.25, 0.3) is 10.2 Å². The van der Waals surface area contributed by atoms with Gasteiger partial charge in [-0.1, -0.05) is 23.7 Å². The van der Waals surface area contributed by atoms with Gasteiger partial charge >= 0.3 is 0 Å². The highest BCUT2D eigenvalue weighted by atomic mass is 35.5. The predicted octanol–water partition coefficient (Wildman–Crippen LogP) is 3.59. The summed E-state index contributed by atoms with van der Waals surface area (Å²) in [5.41, 5.74) is 8.02. The van der Waals surface area contributed by atoms with E-state index in [0.29, 0.717) is 11.4 Å². The molecular weight excluding hydrogens is 278 g/mol. The predicted molar refractivity (Wildman–Crippen MR) is 79.5 cm³/mol. The second kappa shape index (κ2) is 5.25. The Balaban J connectivity index is 1.82. The summed E-state index contributed by atoms with van der Waals surface area (Å²) in [5.74, 6) is 0. The van der Waals surface area contributed by atoms with E-state index < -0.39 is 0 Å². The lowest BCUT2D eigenvalue weighted by molar-refractivity contribution is 0.694. The van der Waals surface area contributed by atoms with Crippen LogP contribution in [-0.4, -0.2) is 9.97 Å². The molecule has 2 N–H and O–H groups in total. The summed E-state index contributed by atoms with van der Waals surface area (Å²) in [4.78, 5) is 8.83. The second-order valence-corrected chi connectivity index (χ2v) is 5.84. The molecule has 3 aromatic rings. The first kappa shape index (κ1) is 12.5. The van der Waals surface area contributed by atoms with Gasteiger partial charge in [0.05, 0.1) is 32.0 Å². The largest absolute Gasteiger partial charge is 0.322 e. The molecule has 0 bridgehead atoms. The average Bonchev–Trinajstić information content (AvgIpc) is 2.81. The zero-order valence-electron chi connectivity index (χ0n) is 10.1. The molecule has 5 heteroatoms. The molecule has 0 radical (unpaired) electrons. The number of thiazole rings is 1. The zero-order chi connectivity index (χ0) is 13.2. The Kier molecular flexibility index (Phi) is 3.46. The molecule has 0 aliphatic rings. The Morgan fingerprint density at radius 1 is 1.21 bits per heavy atom. The van der Waals surface area contributed by atoms with E-state index >= 15 is 0 Å². The molecule has 2 aromatic heterocycles. The van der Waals surface area contributed by atoms with Gasteiger partial charge in [-0.25, -0.2) is 4.98 Å². The Labute approximate surface area is 120 Å². The molecule has 2 heterocycles. The maximum absolute atomic E-state index is 6.16. The summed E-state index contributed by atoms with van der Waals surface area (Å²) in [6.07, 6.45) is 2.31. The number of hydrogen-bond donors (Lipinski definition) is 1. The molecule has 0 saturated carbocycles. The topological polar surface area (TPSA) is 51.8 Å². The Hall–Kier alpha value is -1.49. The molecular formula is C14H12ClN3S. The monoisotopic (exact) mass is 289 g/mol. The molecule has 0 fully saturated rings. The van der Waals surface area contributed by atoms with Crippen molar-refractivity contribution in [3.8, 4) is 0 Å². The van der Waals surface area contributed by atoms with E-state index in [0.717, 1.165) is 16.2 Å². The van der Waals surface area contributed by atoms with Gasteiger partial charge in [-0.3, -0.25) is 4.98 Å².